The minimum absolute atomic E-state index is 0.538. The molecule has 0 nitrogen and oxygen atoms in total. The fourth-order valence-electron chi connectivity index (χ4n) is 2.32. The lowest BCUT2D eigenvalue weighted by Crippen LogP contribution is -2.14. The van der Waals surface area contributed by atoms with Gasteiger partial charge in [-0.25, -0.2) is 0 Å². The van der Waals surface area contributed by atoms with E-state index < -0.39 is 0 Å². The molecule has 0 saturated heterocycles. The van der Waals surface area contributed by atoms with Crippen LogP contribution in [0.1, 0.15) is 37.0 Å². The van der Waals surface area contributed by atoms with Gasteiger partial charge in [0.1, 0.15) is 0 Å². The van der Waals surface area contributed by atoms with Crippen molar-refractivity contribution in [3.63, 3.8) is 0 Å². The lowest BCUT2D eigenvalue weighted by atomic mass is 9.85. The average molecular weight is 174 g/mol. The Labute approximate surface area is 81.0 Å². The van der Waals surface area contributed by atoms with E-state index in [1.54, 1.807) is 11.1 Å². The molecular formula is C13H18. The zero-order valence-corrected chi connectivity index (χ0v) is 8.85. The molecule has 1 unspecified atom stereocenters. The second kappa shape index (κ2) is 2.87. The Morgan fingerprint density at radius 3 is 2.62 bits per heavy atom. The van der Waals surface area contributed by atoms with Crippen molar-refractivity contribution in [1.82, 2.24) is 0 Å². The molecule has 2 rings (SSSR count). The van der Waals surface area contributed by atoms with Gasteiger partial charge in [-0.2, -0.15) is 0 Å². The van der Waals surface area contributed by atoms with Crippen molar-refractivity contribution < 1.29 is 0 Å². The molecule has 1 aliphatic carbocycles. The number of fused-ring (bicyclic) bond motifs is 1. The van der Waals surface area contributed by atoms with Crippen LogP contribution < -0.4 is 0 Å². The molecule has 0 fully saturated rings. The molecule has 1 aromatic carbocycles. The molecule has 13 heavy (non-hydrogen) atoms. The van der Waals surface area contributed by atoms with Crippen LogP contribution in [0.25, 0.3) is 0 Å². The number of benzene rings is 1. The van der Waals surface area contributed by atoms with E-state index in [1.807, 2.05) is 0 Å². The predicted octanol–water partition coefficient (Wildman–Crippen LogP) is 3.51. The van der Waals surface area contributed by atoms with Crippen molar-refractivity contribution in [3.05, 3.63) is 34.9 Å². The van der Waals surface area contributed by atoms with Crippen LogP contribution >= 0.6 is 0 Å². The van der Waals surface area contributed by atoms with Crippen LogP contribution in [0.5, 0.6) is 0 Å². The largest absolute Gasteiger partial charge is 0.0648 e. The first-order valence-electron chi connectivity index (χ1n) is 5.21. The summed E-state index contributed by atoms with van der Waals surface area (Å²) in [5.41, 5.74) is 5.11. The topological polar surface area (TPSA) is 0 Å². The van der Waals surface area contributed by atoms with Gasteiger partial charge in [-0.05, 0) is 36.3 Å². The van der Waals surface area contributed by atoms with E-state index in [9.17, 15) is 0 Å². The van der Waals surface area contributed by atoms with E-state index in [0.717, 1.165) is 0 Å². The first-order valence-corrected chi connectivity index (χ1v) is 5.21. The molecule has 0 N–H and O–H groups in total. The highest BCUT2D eigenvalue weighted by Crippen LogP contribution is 2.39. The van der Waals surface area contributed by atoms with E-state index in [2.05, 4.69) is 39.0 Å². The van der Waals surface area contributed by atoms with Crippen LogP contribution in [0, 0.1) is 12.3 Å². The lowest BCUT2D eigenvalue weighted by Gasteiger charge is -2.20. The minimum atomic E-state index is 0.538. The highest BCUT2D eigenvalue weighted by atomic mass is 14.3. The molecule has 1 atom stereocenters. The zero-order valence-electron chi connectivity index (χ0n) is 8.85. The first-order chi connectivity index (χ1) is 6.13. The molecule has 0 spiro atoms. The van der Waals surface area contributed by atoms with E-state index in [0.29, 0.717) is 5.41 Å². The molecule has 0 radical (unpaired) electrons. The number of hydrogen-bond acceptors (Lipinski definition) is 0. The summed E-state index contributed by atoms with van der Waals surface area (Å²) in [6.07, 6.45) is 3.85. The van der Waals surface area contributed by atoms with Gasteiger partial charge >= 0.3 is 0 Å². The molecule has 0 amide bonds. The molecule has 0 aliphatic heterocycles. The maximum atomic E-state index is 2.41. The smallest absolute Gasteiger partial charge is 0.0219 e. The molecule has 0 aromatic heterocycles. The molecular weight excluding hydrogens is 156 g/mol. The van der Waals surface area contributed by atoms with Crippen molar-refractivity contribution in [2.45, 2.75) is 40.0 Å². The van der Waals surface area contributed by atoms with E-state index in [1.165, 1.54) is 24.8 Å². The Balaban J connectivity index is 2.35. The van der Waals surface area contributed by atoms with E-state index >= 15 is 0 Å². The van der Waals surface area contributed by atoms with Crippen LogP contribution in [0.4, 0.5) is 0 Å². The van der Waals surface area contributed by atoms with Gasteiger partial charge < -0.3 is 0 Å². The third-order valence-corrected chi connectivity index (χ3v) is 3.45. The van der Waals surface area contributed by atoms with Gasteiger partial charge in [0.25, 0.3) is 0 Å². The molecule has 0 heterocycles. The van der Waals surface area contributed by atoms with Gasteiger partial charge in [-0.3, -0.25) is 0 Å². The van der Waals surface area contributed by atoms with Crippen LogP contribution in [-0.2, 0) is 12.8 Å². The number of hydrogen-bond donors (Lipinski definition) is 0. The molecule has 0 saturated carbocycles. The molecule has 0 heteroatoms. The second-order valence-electron chi connectivity index (χ2n) is 4.79. The van der Waals surface area contributed by atoms with Crippen molar-refractivity contribution in [2.24, 2.45) is 5.41 Å². The fourth-order valence-corrected chi connectivity index (χ4v) is 2.32. The predicted molar refractivity (Wildman–Crippen MR) is 57.0 cm³/mol. The van der Waals surface area contributed by atoms with Crippen LogP contribution in [0.3, 0.4) is 0 Å². The van der Waals surface area contributed by atoms with Crippen molar-refractivity contribution >= 4 is 0 Å². The van der Waals surface area contributed by atoms with Crippen LogP contribution in [0.15, 0.2) is 18.2 Å². The minimum Gasteiger partial charge on any atom is -0.0648 e. The highest BCUT2D eigenvalue weighted by molar-refractivity contribution is 5.37. The molecule has 1 aliphatic rings. The maximum absolute atomic E-state index is 2.41. The molecule has 1 aromatic rings. The Kier molecular flexibility index (Phi) is 1.94. The average Bonchev–Trinajstić information content (AvgIpc) is 2.42. The third-order valence-electron chi connectivity index (χ3n) is 3.45. The Bertz CT molecular complexity index is 325. The zero-order chi connectivity index (χ0) is 9.47. The Morgan fingerprint density at radius 1 is 1.23 bits per heavy atom. The van der Waals surface area contributed by atoms with Gasteiger partial charge in [-0.15, -0.1) is 0 Å². The van der Waals surface area contributed by atoms with Crippen LogP contribution in [-0.4, -0.2) is 0 Å². The third kappa shape index (κ3) is 1.50. The van der Waals surface area contributed by atoms with E-state index in [-0.39, 0.29) is 0 Å². The van der Waals surface area contributed by atoms with Gasteiger partial charge in [0.15, 0.2) is 0 Å². The van der Waals surface area contributed by atoms with Gasteiger partial charge in [0.05, 0.1) is 0 Å². The number of aryl methyl sites for hydroxylation is 1. The second-order valence-corrected chi connectivity index (χ2v) is 4.79. The molecule has 70 valence electrons. The summed E-state index contributed by atoms with van der Waals surface area (Å²) >= 11 is 0. The normalized spacial score (nSPS) is 26.1. The standard InChI is InChI=1S/C13H18/c1-4-13(3)8-11-6-5-10(2)7-12(11)9-13/h5-7H,4,8-9H2,1-3H3. The summed E-state index contributed by atoms with van der Waals surface area (Å²) in [4.78, 5) is 0. The highest BCUT2D eigenvalue weighted by Gasteiger charge is 2.30. The van der Waals surface area contributed by atoms with E-state index in [4.69, 9.17) is 0 Å². The summed E-state index contributed by atoms with van der Waals surface area (Å²) in [5.74, 6) is 0. The van der Waals surface area contributed by atoms with Gasteiger partial charge in [-0.1, -0.05) is 44.0 Å². The Morgan fingerprint density at radius 2 is 1.92 bits per heavy atom. The quantitative estimate of drug-likeness (QED) is 0.611. The van der Waals surface area contributed by atoms with Crippen molar-refractivity contribution in [2.75, 3.05) is 0 Å². The van der Waals surface area contributed by atoms with Gasteiger partial charge in [0, 0.05) is 0 Å². The van der Waals surface area contributed by atoms with Crippen molar-refractivity contribution in [3.8, 4) is 0 Å². The SMILES string of the molecule is CCC1(C)Cc2ccc(C)cc2C1. The monoisotopic (exact) mass is 174 g/mol. The van der Waals surface area contributed by atoms with Crippen LogP contribution in [0.2, 0.25) is 0 Å². The summed E-state index contributed by atoms with van der Waals surface area (Å²) in [6, 6.07) is 6.90. The summed E-state index contributed by atoms with van der Waals surface area (Å²) in [6.45, 7) is 6.89. The summed E-state index contributed by atoms with van der Waals surface area (Å²) < 4.78 is 0. The first kappa shape index (κ1) is 8.80. The lowest BCUT2D eigenvalue weighted by molar-refractivity contribution is 0.332. The fraction of sp³-hybridized carbons (Fsp3) is 0.538. The Hall–Kier alpha value is -0.780. The summed E-state index contributed by atoms with van der Waals surface area (Å²) in [5, 5.41) is 0. The maximum Gasteiger partial charge on any atom is -0.0219 e. The van der Waals surface area contributed by atoms with Gasteiger partial charge in [0.2, 0.25) is 0 Å². The van der Waals surface area contributed by atoms with Crippen molar-refractivity contribution in [1.29, 1.82) is 0 Å². The summed E-state index contributed by atoms with van der Waals surface area (Å²) in [7, 11) is 0. The molecule has 0 bridgehead atoms. The number of rotatable bonds is 1.